The highest BCUT2D eigenvalue weighted by Gasteiger charge is 2.33. The molecule has 1 aliphatic heterocycles. The Morgan fingerprint density at radius 1 is 1.44 bits per heavy atom. The number of hydrogen-bond acceptors (Lipinski definition) is 2. The Balaban J connectivity index is 2.18. The molecule has 0 saturated carbocycles. The molecular formula is C14H18ClN3. The van der Waals surface area contributed by atoms with Crippen LogP contribution in [0.25, 0.3) is 11.0 Å². The lowest BCUT2D eigenvalue weighted by Gasteiger charge is -2.33. The van der Waals surface area contributed by atoms with Crippen molar-refractivity contribution in [2.45, 2.75) is 25.2 Å². The van der Waals surface area contributed by atoms with Crippen molar-refractivity contribution in [1.82, 2.24) is 14.9 Å². The monoisotopic (exact) mass is 263 g/mol. The predicted molar refractivity (Wildman–Crippen MR) is 75.2 cm³/mol. The topological polar surface area (TPSA) is 29.9 Å². The number of rotatable bonds is 1. The van der Waals surface area contributed by atoms with E-state index in [0.717, 1.165) is 35.0 Å². The van der Waals surface area contributed by atoms with Crippen LogP contribution in [0.4, 0.5) is 0 Å². The van der Waals surface area contributed by atoms with Crippen molar-refractivity contribution >= 4 is 22.6 Å². The van der Waals surface area contributed by atoms with Crippen molar-refractivity contribution in [2.24, 2.45) is 7.05 Å². The zero-order valence-electron chi connectivity index (χ0n) is 10.8. The van der Waals surface area contributed by atoms with Gasteiger partial charge in [0.05, 0.1) is 16.1 Å². The van der Waals surface area contributed by atoms with E-state index in [-0.39, 0.29) is 5.41 Å². The maximum atomic E-state index is 6.28. The molecule has 0 radical (unpaired) electrons. The largest absolute Gasteiger partial charge is 0.329 e. The van der Waals surface area contributed by atoms with Gasteiger partial charge in [0.1, 0.15) is 5.82 Å². The minimum Gasteiger partial charge on any atom is -0.329 e. The molecule has 0 amide bonds. The third-order valence-electron chi connectivity index (χ3n) is 3.98. The second-order valence-electron chi connectivity index (χ2n) is 5.44. The van der Waals surface area contributed by atoms with Crippen LogP contribution < -0.4 is 5.32 Å². The summed E-state index contributed by atoms with van der Waals surface area (Å²) in [6.07, 6.45) is 2.38. The van der Waals surface area contributed by atoms with Crippen molar-refractivity contribution in [1.29, 1.82) is 0 Å². The second-order valence-corrected chi connectivity index (χ2v) is 5.85. The number of piperidine rings is 1. The summed E-state index contributed by atoms with van der Waals surface area (Å²) in [6.45, 7) is 4.39. The Kier molecular flexibility index (Phi) is 2.83. The number of nitrogens with zero attached hydrogens (tertiary/aromatic N) is 2. The summed E-state index contributed by atoms with van der Waals surface area (Å²) < 4.78 is 2.16. The Morgan fingerprint density at radius 3 is 2.94 bits per heavy atom. The van der Waals surface area contributed by atoms with Crippen LogP contribution >= 0.6 is 11.6 Å². The van der Waals surface area contributed by atoms with E-state index in [0.29, 0.717) is 0 Å². The summed E-state index contributed by atoms with van der Waals surface area (Å²) >= 11 is 6.28. The molecule has 1 N–H and O–H groups in total. The molecule has 0 bridgehead atoms. The van der Waals surface area contributed by atoms with Gasteiger partial charge in [-0.25, -0.2) is 4.98 Å². The van der Waals surface area contributed by atoms with Crippen LogP contribution in [0, 0.1) is 0 Å². The molecule has 1 fully saturated rings. The SMILES string of the molecule is Cn1c(C2(C)CCCNC2)nc2cccc(Cl)c21. The molecule has 4 heteroatoms. The molecule has 3 rings (SSSR count). The number of fused-ring (bicyclic) bond motifs is 1. The van der Waals surface area contributed by atoms with Gasteiger partial charge < -0.3 is 9.88 Å². The summed E-state index contributed by atoms with van der Waals surface area (Å²) in [4.78, 5) is 4.81. The number of halogens is 1. The molecule has 0 spiro atoms. The first kappa shape index (κ1) is 12.0. The number of imidazole rings is 1. The second kappa shape index (κ2) is 4.25. The molecule has 1 atom stereocenters. The predicted octanol–water partition coefficient (Wildman–Crippen LogP) is 2.87. The number of nitrogens with one attached hydrogen (secondary N) is 1. The Hall–Kier alpha value is -1.06. The maximum Gasteiger partial charge on any atom is 0.116 e. The van der Waals surface area contributed by atoms with Crippen LogP contribution in [0.5, 0.6) is 0 Å². The molecule has 1 aliphatic rings. The molecule has 1 aromatic heterocycles. The van der Waals surface area contributed by atoms with E-state index in [1.807, 2.05) is 18.2 Å². The van der Waals surface area contributed by atoms with Crippen molar-refractivity contribution in [2.75, 3.05) is 13.1 Å². The summed E-state index contributed by atoms with van der Waals surface area (Å²) in [6, 6.07) is 5.92. The minimum absolute atomic E-state index is 0.106. The van der Waals surface area contributed by atoms with Gasteiger partial charge >= 0.3 is 0 Å². The third-order valence-corrected chi connectivity index (χ3v) is 4.29. The van der Waals surface area contributed by atoms with E-state index in [4.69, 9.17) is 16.6 Å². The molecule has 1 unspecified atom stereocenters. The molecule has 2 heterocycles. The smallest absolute Gasteiger partial charge is 0.116 e. The average molecular weight is 264 g/mol. The van der Waals surface area contributed by atoms with Gasteiger partial charge in [-0.05, 0) is 31.5 Å². The number of aryl methyl sites for hydroxylation is 1. The van der Waals surface area contributed by atoms with E-state index in [9.17, 15) is 0 Å². The highest BCUT2D eigenvalue weighted by molar-refractivity contribution is 6.35. The lowest BCUT2D eigenvalue weighted by molar-refractivity contribution is 0.318. The summed E-state index contributed by atoms with van der Waals surface area (Å²) in [5, 5.41) is 4.25. The molecule has 1 saturated heterocycles. The molecular weight excluding hydrogens is 246 g/mol. The molecule has 0 aliphatic carbocycles. The highest BCUT2D eigenvalue weighted by atomic mass is 35.5. The van der Waals surface area contributed by atoms with Gasteiger partial charge in [0.25, 0.3) is 0 Å². The Labute approximate surface area is 112 Å². The first-order chi connectivity index (χ1) is 8.62. The van der Waals surface area contributed by atoms with Crippen molar-refractivity contribution in [3.05, 3.63) is 29.0 Å². The Bertz CT molecular complexity index is 582. The number of benzene rings is 1. The van der Waals surface area contributed by atoms with Crippen molar-refractivity contribution in [3.8, 4) is 0 Å². The van der Waals surface area contributed by atoms with Crippen molar-refractivity contribution < 1.29 is 0 Å². The Morgan fingerprint density at radius 2 is 2.28 bits per heavy atom. The van der Waals surface area contributed by atoms with Crippen LogP contribution in [0.1, 0.15) is 25.6 Å². The van der Waals surface area contributed by atoms with Crippen molar-refractivity contribution in [3.63, 3.8) is 0 Å². The van der Waals surface area contributed by atoms with Crippen LogP contribution in [0.3, 0.4) is 0 Å². The van der Waals surface area contributed by atoms with Crippen LogP contribution in [0.2, 0.25) is 5.02 Å². The van der Waals surface area contributed by atoms with E-state index < -0.39 is 0 Å². The lowest BCUT2D eigenvalue weighted by atomic mass is 9.82. The zero-order valence-corrected chi connectivity index (χ0v) is 11.6. The van der Waals surface area contributed by atoms with Gasteiger partial charge in [-0.1, -0.05) is 24.6 Å². The summed E-state index contributed by atoms with van der Waals surface area (Å²) in [5.74, 6) is 1.14. The highest BCUT2D eigenvalue weighted by Crippen LogP contribution is 2.33. The molecule has 2 aromatic rings. The molecule has 1 aromatic carbocycles. The average Bonchev–Trinajstić information content (AvgIpc) is 2.70. The van der Waals surface area contributed by atoms with Gasteiger partial charge in [0.15, 0.2) is 0 Å². The summed E-state index contributed by atoms with van der Waals surface area (Å²) in [7, 11) is 2.07. The standard InChI is InChI=1S/C14H18ClN3/c1-14(7-4-8-16-9-14)13-17-11-6-3-5-10(15)12(11)18(13)2/h3,5-6,16H,4,7-9H2,1-2H3. The summed E-state index contributed by atoms with van der Waals surface area (Å²) in [5.41, 5.74) is 2.14. The van der Waals surface area contributed by atoms with E-state index in [1.165, 1.54) is 12.8 Å². The third kappa shape index (κ3) is 1.73. The molecule has 3 nitrogen and oxygen atoms in total. The first-order valence-electron chi connectivity index (χ1n) is 6.44. The van der Waals surface area contributed by atoms with Gasteiger partial charge in [-0.2, -0.15) is 0 Å². The van der Waals surface area contributed by atoms with E-state index in [2.05, 4.69) is 23.9 Å². The zero-order chi connectivity index (χ0) is 12.8. The normalized spacial score (nSPS) is 24.6. The van der Waals surface area contributed by atoms with Gasteiger partial charge in [-0.15, -0.1) is 0 Å². The van der Waals surface area contributed by atoms with Gasteiger partial charge in [0.2, 0.25) is 0 Å². The fourth-order valence-electron chi connectivity index (χ4n) is 3.01. The number of aromatic nitrogens is 2. The van der Waals surface area contributed by atoms with Crippen LogP contribution in [0.15, 0.2) is 18.2 Å². The quantitative estimate of drug-likeness (QED) is 0.857. The van der Waals surface area contributed by atoms with E-state index >= 15 is 0 Å². The minimum atomic E-state index is 0.106. The van der Waals surface area contributed by atoms with Crippen LogP contribution in [-0.4, -0.2) is 22.6 Å². The van der Waals surface area contributed by atoms with Gasteiger partial charge in [0, 0.05) is 19.0 Å². The van der Waals surface area contributed by atoms with Crippen LogP contribution in [-0.2, 0) is 12.5 Å². The first-order valence-corrected chi connectivity index (χ1v) is 6.82. The molecule has 96 valence electrons. The number of para-hydroxylation sites is 1. The maximum absolute atomic E-state index is 6.28. The fraction of sp³-hybridized carbons (Fsp3) is 0.500. The number of hydrogen-bond donors (Lipinski definition) is 1. The fourth-order valence-corrected chi connectivity index (χ4v) is 3.30. The van der Waals surface area contributed by atoms with Gasteiger partial charge in [-0.3, -0.25) is 0 Å². The lowest BCUT2D eigenvalue weighted by Crippen LogP contribution is -2.42. The molecule has 18 heavy (non-hydrogen) atoms. The van der Waals surface area contributed by atoms with E-state index in [1.54, 1.807) is 0 Å².